The molecule has 0 bridgehead atoms. The highest BCUT2D eigenvalue weighted by molar-refractivity contribution is 5.14. The molecule has 5 nitrogen and oxygen atoms in total. The van der Waals surface area contributed by atoms with Gasteiger partial charge >= 0.3 is 0 Å². The van der Waals surface area contributed by atoms with Crippen molar-refractivity contribution in [3.63, 3.8) is 0 Å². The van der Waals surface area contributed by atoms with Crippen LogP contribution in [-0.2, 0) is 19.5 Å². The molecule has 0 radical (unpaired) electrons. The van der Waals surface area contributed by atoms with Crippen molar-refractivity contribution in [2.75, 3.05) is 19.6 Å². The Kier molecular flexibility index (Phi) is 5.19. The van der Waals surface area contributed by atoms with E-state index in [9.17, 15) is 0 Å². The van der Waals surface area contributed by atoms with Crippen LogP contribution < -0.4 is 5.32 Å². The second-order valence-electron chi connectivity index (χ2n) is 5.94. The van der Waals surface area contributed by atoms with Gasteiger partial charge in [0.2, 0.25) is 0 Å². The third kappa shape index (κ3) is 3.93. The average molecular weight is 299 g/mol. The Morgan fingerprint density at radius 1 is 1.27 bits per heavy atom. The second-order valence-corrected chi connectivity index (χ2v) is 5.94. The number of rotatable bonds is 7. The minimum atomic E-state index is 0.599. The van der Waals surface area contributed by atoms with E-state index in [1.54, 1.807) is 0 Å². The number of likely N-dealkylation sites (tertiary alicyclic amines) is 1. The van der Waals surface area contributed by atoms with Crippen molar-refractivity contribution in [1.29, 1.82) is 0 Å². The molecule has 1 aromatic heterocycles. The highest BCUT2D eigenvalue weighted by atomic mass is 15.3. The largest absolute Gasteiger partial charge is 0.318 e. The first-order valence-corrected chi connectivity index (χ1v) is 8.21. The maximum Gasteiger partial charge on any atom is 0.134 e. The van der Waals surface area contributed by atoms with E-state index in [-0.39, 0.29) is 0 Å². The van der Waals surface area contributed by atoms with Crippen LogP contribution in [0.25, 0.3) is 0 Å². The standard InChI is InChI=1S/C17H25N5/c1-2-22-14-19-20-17(22)8-10-18-16-9-11-21(13-16)12-15-6-4-3-5-7-15/h3-7,14,16,18H,2,8-13H2,1H3. The van der Waals surface area contributed by atoms with E-state index in [4.69, 9.17) is 0 Å². The highest BCUT2D eigenvalue weighted by Gasteiger charge is 2.21. The summed E-state index contributed by atoms with van der Waals surface area (Å²) in [5.74, 6) is 1.08. The van der Waals surface area contributed by atoms with Gasteiger partial charge in [-0.15, -0.1) is 10.2 Å². The molecule has 1 aliphatic rings. The van der Waals surface area contributed by atoms with Gasteiger partial charge in [-0.1, -0.05) is 30.3 Å². The maximum atomic E-state index is 4.18. The molecule has 2 aromatic rings. The van der Waals surface area contributed by atoms with Gasteiger partial charge in [-0.25, -0.2) is 0 Å². The molecule has 1 N–H and O–H groups in total. The number of benzene rings is 1. The highest BCUT2D eigenvalue weighted by Crippen LogP contribution is 2.13. The van der Waals surface area contributed by atoms with Crippen LogP contribution in [0.5, 0.6) is 0 Å². The predicted molar refractivity (Wildman–Crippen MR) is 87.5 cm³/mol. The molecule has 22 heavy (non-hydrogen) atoms. The SMILES string of the molecule is CCn1cnnc1CCNC1CCN(Cc2ccccc2)C1. The van der Waals surface area contributed by atoms with Gasteiger partial charge < -0.3 is 9.88 Å². The summed E-state index contributed by atoms with van der Waals surface area (Å²) in [6, 6.07) is 11.3. The van der Waals surface area contributed by atoms with Crippen LogP contribution in [0.2, 0.25) is 0 Å². The van der Waals surface area contributed by atoms with Crippen LogP contribution >= 0.6 is 0 Å². The van der Waals surface area contributed by atoms with Gasteiger partial charge in [-0.05, 0) is 18.9 Å². The van der Waals surface area contributed by atoms with Gasteiger partial charge in [0, 0.05) is 45.2 Å². The lowest BCUT2D eigenvalue weighted by molar-refractivity contribution is 0.320. The summed E-state index contributed by atoms with van der Waals surface area (Å²) in [7, 11) is 0. The lowest BCUT2D eigenvalue weighted by Crippen LogP contribution is -2.34. The first-order chi connectivity index (χ1) is 10.8. The third-order valence-electron chi connectivity index (χ3n) is 4.34. The summed E-state index contributed by atoms with van der Waals surface area (Å²) >= 11 is 0. The second kappa shape index (κ2) is 7.51. The van der Waals surface area contributed by atoms with Crippen molar-refractivity contribution in [3.8, 4) is 0 Å². The number of hydrogen-bond acceptors (Lipinski definition) is 4. The minimum absolute atomic E-state index is 0.599. The van der Waals surface area contributed by atoms with Gasteiger partial charge in [0.15, 0.2) is 0 Å². The Morgan fingerprint density at radius 3 is 2.95 bits per heavy atom. The molecular weight excluding hydrogens is 274 g/mol. The zero-order chi connectivity index (χ0) is 15.2. The summed E-state index contributed by atoms with van der Waals surface area (Å²) in [6.45, 7) is 7.41. The number of aromatic nitrogens is 3. The molecule has 0 spiro atoms. The number of nitrogens with zero attached hydrogens (tertiary/aromatic N) is 4. The normalized spacial score (nSPS) is 18.9. The van der Waals surface area contributed by atoms with Crippen molar-refractivity contribution in [2.45, 2.75) is 38.9 Å². The van der Waals surface area contributed by atoms with Crippen molar-refractivity contribution in [3.05, 3.63) is 48.0 Å². The Labute approximate surface area is 132 Å². The fourth-order valence-corrected chi connectivity index (χ4v) is 3.11. The van der Waals surface area contributed by atoms with E-state index >= 15 is 0 Å². The summed E-state index contributed by atoms with van der Waals surface area (Å²) in [6.07, 6.45) is 3.99. The lowest BCUT2D eigenvalue weighted by Gasteiger charge is -2.16. The Morgan fingerprint density at radius 2 is 2.14 bits per heavy atom. The van der Waals surface area contributed by atoms with Gasteiger partial charge in [0.1, 0.15) is 12.2 Å². The van der Waals surface area contributed by atoms with Crippen molar-refractivity contribution < 1.29 is 0 Å². The lowest BCUT2D eigenvalue weighted by atomic mass is 10.2. The van der Waals surface area contributed by atoms with Gasteiger partial charge in [-0.2, -0.15) is 0 Å². The Bertz CT molecular complexity index is 565. The van der Waals surface area contributed by atoms with E-state index < -0.39 is 0 Å². The minimum Gasteiger partial charge on any atom is -0.318 e. The maximum absolute atomic E-state index is 4.18. The van der Waals surface area contributed by atoms with Crippen molar-refractivity contribution in [2.24, 2.45) is 0 Å². The molecule has 0 aliphatic carbocycles. The molecule has 1 atom stereocenters. The van der Waals surface area contributed by atoms with E-state index in [0.29, 0.717) is 6.04 Å². The molecule has 5 heteroatoms. The molecule has 1 unspecified atom stereocenters. The Hall–Kier alpha value is -1.72. The zero-order valence-corrected chi connectivity index (χ0v) is 13.3. The van der Waals surface area contributed by atoms with Gasteiger partial charge in [0.25, 0.3) is 0 Å². The molecule has 1 fully saturated rings. The van der Waals surface area contributed by atoms with Crippen LogP contribution in [-0.4, -0.2) is 45.3 Å². The fraction of sp³-hybridized carbons (Fsp3) is 0.529. The van der Waals surface area contributed by atoms with Gasteiger partial charge in [-0.3, -0.25) is 4.90 Å². The van der Waals surface area contributed by atoms with Crippen LogP contribution in [0.15, 0.2) is 36.7 Å². The molecule has 3 rings (SSSR count). The number of aryl methyl sites for hydroxylation is 1. The third-order valence-corrected chi connectivity index (χ3v) is 4.34. The van der Waals surface area contributed by atoms with Crippen molar-refractivity contribution >= 4 is 0 Å². The Balaban J connectivity index is 1.40. The van der Waals surface area contributed by atoms with E-state index in [2.05, 4.69) is 62.2 Å². The summed E-state index contributed by atoms with van der Waals surface area (Å²) in [5, 5.41) is 11.8. The number of nitrogens with one attached hydrogen (secondary N) is 1. The summed E-state index contributed by atoms with van der Waals surface area (Å²) in [5.41, 5.74) is 1.40. The van der Waals surface area contributed by atoms with Crippen LogP contribution in [0.4, 0.5) is 0 Å². The molecular formula is C17H25N5. The smallest absolute Gasteiger partial charge is 0.134 e. The molecule has 1 aromatic carbocycles. The zero-order valence-electron chi connectivity index (χ0n) is 13.3. The molecule has 0 amide bonds. The average Bonchev–Trinajstić information content (AvgIpc) is 3.18. The first kappa shape index (κ1) is 15.2. The van der Waals surface area contributed by atoms with Crippen LogP contribution in [0.1, 0.15) is 24.7 Å². The van der Waals surface area contributed by atoms with E-state index in [0.717, 1.165) is 38.4 Å². The predicted octanol–water partition coefficient (Wildman–Crippen LogP) is 1.70. The molecule has 118 valence electrons. The number of hydrogen-bond donors (Lipinski definition) is 1. The summed E-state index contributed by atoms with van der Waals surface area (Å²) < 4.78 is 2.11. The van der Waals surface area contributed by atoms with Crippen molar-refractivity contribution in [1.82, 2.24) is 25.0 Å². The molecule has 1 saturated heterocycles. The first-order valence-electron chi connectivity index (χ1n) is 8.21. The molecule has 2 heterocycles. The molecule has 0 saturated carbocycles. The quantitative estimate of drug-likeness (QED) is 0.845. The van der Waals surface area contributed by atoms with Gasteiger partial charge in [0.05, 0.1) is 0 Å². The topological polar surface area (TPSA) is 46.0 Å². The molecule has 1 aliphatic heterocycles. The van der Waals surface area contributed by atoms with E-state index in [1.165, 1.54) is 18.5 Å². The fourth-order valence-electron chi connectivity index (χ4n) is 3.11. The van der Waals surface area contributed by atoms with Crippen LogP contribution in [0, 0.1) is 0 Å². The monoisotopic (exact) mass is 299 g/mol. The summed E-state index contributed by atoms with van der Waals surface area (Å²) in [4.78, 5) is 2.53. The van der Waals surface area contributed by atoms with E-state index in [1.807, 2.05) is 6.33 Å². The van der Waals surface area contributed by atoms with Crippen LogP contribution in [0.3, 0.4) is 0 Å².